The van der Waals surface area contributed by atoms with Gasteiger partial charge in [0.2, 0.25) is 5.91 Å². The minimum absolute atomic E-state index is 0.0496. The number of benzene rings is 1. The molecule has 1 fully saturated rings. The molecular formula is C21H24N2O4S. The quantitative estimate of drug-likeness (QED) is 0.777. The van der Waals surface area contributed by atoms with Crippen molar-refractivity contribution in [3.63, 3.8) is 0 Å². The van der Waals surface area contributed by atoms with Crippen molar-refractivity contribution in [3.8, 4) is 11.5 Å². The molecule has 1 aromatic carbocycles. The molecule has 28 heavy (non-hydrogen) atoms. The van der Waals surface area contributed by atoms with Crippen molar-refractivity contribution in [2.45, 2.75) is 32.1 Å². The van der Waals surface area contributed by atoms with Crippen molar-refractivity contribution in [2.75, 3.05) is 25.1 Å². The van der Waals surface area contributed by atoms with Crippen LogP contribution in [0.25, 0.3) is 0 Å². The van der Waals surface area contributed by atoms with Gasteiger partial charge in [-0.05, 0) is 42.7 Å². The van der Waals surface area contributed by atoms with Gasteiger partial charge in [0.05, 0.1) is 9.88 Å². The van der Waals surface area contributed by atoms with E-state index >= 15 is 0 Å². The molecule has 1 aromatic heterocycles. The Kier molecular flexibility index (Phi) is 5.02. The third-order valence-corrected chi connectivity index (χ3v) is 6.04. The molecule has 6 nitrogen and oxygen atoms in total. The summed E-state index contributed by atoms with van der Waals surface area (Å²) in [6.07, 6.45) is 1.92. The van der Waals surface area contributed by atoms with E-state index in [2.05, 4.69) is 24.5 Å². The molecule has 1 aliphatic heterocycles. The second kappa shape index (κ2) is 7.47. The zero-order valence-electron chi connectivity index (χ0n) is 16.0. The normalized spacial score (nSPS) is 15.8. The maximum atomic E-state index is 12.5. The van der Waals surface area contributed by atoms with Crippen LogP contribution in [0, 0.1) is 5.92 Å². The standard InChI is InChI=1S/C21H24N2O4S/c1-21(2,14-5-6-15-16(11-14)27-10-9-26-15)12-22-20(25)17-7-8-18(28-17)23-19(24)13-3-4-13/h5-8,11,13H,3-4,9-10,12H2,1-2H3,(H,22,25)(H,23,24). The van der Waals surface area contributed by atoms with Gasteiger partial charge in [0.25, 0.3) is 5.91 Å². The van der Waals surface area contributed by atoms with Crippen molar-refractivity contribution in [2.24, 2.45) is 5.92 Å². The van der Waals surface area contributed by atoms with E-state index in [-0.39, 0.29) is 23.1 Å². The molecule has 2 aliphatic rings. The lowest BCUT2D eigenvalue weighted by atomic mass is 9.84. The number of anilines is 1. The molecule has 2 N–H and O–H groups in total. The zero-order valence-corrected chi connectivity index (χ0v) is 16.9. The molecule has 2 aromatic rings. The number of hydrogen-bond acceptors (Lipinski definition) is 5. The first-order valence-corrected chi connectivity index (χ1v) is 10.3. The van der Waals surface area contributed by atoms with Crippen molar-refractivity contribution in [1.29, 1.82) is 0 Å². The molecule has 148 valence electrons. The number of carbonyl (C=O) groups excluding carboxylic acids is 2. The topological polar surface area (TPSA) is 76.7 Å². The van der Waals surface area contributed by atoms with Crippen LogP contribution in [0.1, 0.15) is 41.9 Å². The second-order valence-corrected chi connectivity index (χ2v) is 8.94. The SMILES string of the molecule is CC(C)(CNC(=O)c1ccc(NC(=O)C2CC2)s1)c1ccc2c(c1)OCCO2. The molecule has 0 atom stereocenters. The molecule has 2 heterocycles. The molecule has 1 saturated carbocycles. The van der Waals surface area contributed by atoms with Gasteiger partial charge in [-0.1, -0.05) is 19.9 Å². The molecule has 7 heteroatoms. The van der Waals surface area contributed by atoms with Crippen LogP contribution >= 0.6 is 11.3 Å². The lowest BCUT2D eigenvalue weighted by Gasteiger charge is -2.27. The fourth-order valence-electron chi connectivity index (χ4n) is 3.05. The number of amides is 2. The van der Waals surface area contributed by atoms with Gasteiger partial charge in [-0.15, -0.1) is 11.3 Å². The van der Waals surface area contributed by atoms with Crippen LogP contribution in [0.2, 0.25) is 0 Å². The van der Waals surface area contributed by atoms with Crippen LogP contribution in [0.15, 0.2) is 30.3 Å². The van der Waals surface area contributed by atoms with Gasteiger partial charge in [-0.3, -0.25) is 9.59 Å². The fraction of sp³-hybridized carbons (Fsp3) is 0.429. The Bertz CT molecular complexity index is 902. The average Bonchev–Trinajstić information content (AvgIpc) is 3.45. The Hall–Kier alpha value is -2.54. The highest BCUT2D eigenvalue weighted by atomic mass is 32.1. The molecule has 0 radical (unpaired) electrons. The largest absolute Gasteiger partial charge is 0.486 e. The Morgan fingerprint density at radius 1 is 1.11 bits per heavy atom. The summed E-state index contributed by atoms with van der Waals surface area (Å²) < 4.78 is 11.2. The van der Waals surface area contributed by atoms with Gasteiger partial charge < -0.3 is 20.1 Å². The Balaban J connectivity index is 1.37. The lowest BCUT2D eigenvalue weighted by Crippen LogP contribution is -2.36. The van der Waals surface area contributed by atoms with E-state index < -0.39 is 0 Å². The highest BCUT2D eigenvalue weighted by molar-refractivity contribution is 7.18. The zero-order chi connectivity index (χ0) is 19.7. The third kappa shape index (κ3) is 4.14. The van der Waals surface area contributed by atoms with Gasteiger partial charge in [0.1, 0.15) is 13.2 Å². The Labute approximate surface area is 168 Å². The monoisotopic (exact) mass is 400 g/mol. The molecule has 4 rings (SSSR count). The van der Waals surface area contributed by atoms with Crippen LogP contribution in [-0.4, -0.2) is 31.6 Å². The molecule has 0 unspecified atom stereocenters. The molecule has 0 bridgehead atoms. The summed E-state index contributed by atoms with van der Waals surface area (Å²) in [6.45, 7) is 5.75. The van der Waals surface area contributed by atoms with Gasteiger partial charge >= 0.3 is 0 Å². The van der Waals surface area contributed by atoms with Gasteiger partial charge in [0, 0.05) is 17.9 Å². The van der Waals surface area contributed by atoms with Gasteiger partial charge in [-0.2, -0.15) is 0 Å². The van der Waals surface area contributed by atoms with Crippen molar-refractivity contribution in [1.82, 2.24) is 5.32 Å². The van der Waals surface area contributed by atoms with E-state index in [0.29, 0.717) is 29.6 Å². The highest BCUT2D eigenvalue weighted by Gasteiger charge is 2.30. The minimum atomic E-state index is -0.272. The predicted molar refractivity (Wildman–Crippen MR) is 108 cm³/mol. The van der Waals surface area contributed by atoms with Crippen LogP contribution in [0.3, 0.4) is 0 Å². The number of thiophene rings is 1. The maximum absolute atomic E-state index is 12.5. The summed E-state index contributed by atoms with van der Waals surface area (Å²) in [5.41, 5.74) is 0.798. The number of rotatable bonds is 6. The van der Waals surface area contributed by atoms with E-state index in [1.807, 2.05) is 18.2 Å². The van der Waals surface area contributed by atoms with Gasteiger partial charge in [-0.25, -0.2) is 0 Å². The summed E-state index contributed by atoms with van der Waals surface area (Å²) in [4.78, 5) is 25.0. The number of carbonyl (C=O) groups is 2. The molecule has 0 saturated heterocycles. The Morgan fingerprint density at radius 3 is 2.61 bits per heavy atom. The Morgan fingerprint density at radius 2 is 1.86 bits per heavy atom. The van der Waals surface area contributed by atoms with Crippen molar-refractivity contribution in [3.05, 3.63) is 40.8 Å². The molecular weight excluding hydrogens is 376 g/mol. The number of hydrogen-bond donors (Lipinski definition) is 2. The molecule has 2 amide bonds. The van der Waals surface area contributed by atoms with E-state index in [1.165, 1.54) is 11.3 Å². The second-order valence-electron chi connectivity index (χ2n) is 7.85. The summed E-state index contributed by atoms with van der Waals surface area (Å²) >= 11 is 1.30. The van der Waals surface area contributed by atoms with Crippen molar-refractivity contribution >= 4 is 28.2 Å². The van der Waals surface area contributed by atoms with E-state index in [0.717, 1.165) is 29.9 Å². The number of ether oxygens (including phenoxy) is 2. The maximum Gasteiger partial charge on any atom is 0.261 e. The van der Waals surface area contributed by atoms with Gasteiger partial charge in [0.15, 0.2) is 11.5 Å². The van der Waals surface area contributed by atoms with E-state index in [1.54, 1.807) is 12.1 Å². The first kappa shape index (κ1) is 18.8. The first-order chi connectivity index (χ1) is 13.4. The smallest absolute Gasteiger partial charge is 0.261 e. The predicted octanol–water partition coefficient (Wildman–Crippen LogP) is 3.58. The van der Waals surface area contributed by atoms with Crippen molar-refractivity contribution < 1.29 is 19.1 Å². The van der Waals surface area contributed by atoms with E-state index in [9.17, 15) is 9.59 Å². The van der Waals surface area contributed by atoms with Crippen LogP contribution in [0.5, 0.6) is 11.5 Å². The van der Waals surface area contributed by atoms with Crippen LogP contribution in [0.4, 0.5) is 5.00 Å². The first-order valence-electron chi connectivity index (χ1n) is 9.51. The summed E-state index contributed by atoms with van der Waals surface area (Å²) in [5, 5.41) is 6.60. The summed E-state index contributed by atoms with van der Waals surface area (Å²) in [7, 11) is 0. The summed E-state index contributed by atoms with van der Waals surface area (Å²) in [5.74, 6) is 1.56. The summed E-state index contributed by atoms with van der Waals surface area (Å²) in [6, 6.07) is 9.44. The number of nitrogens with one attached hydrogen (secondary N) is 2. The van der Waals surface area contributed by atoms with Crippen LogP contribution in [-0.2, 0) is 10.2 Å². The third-order valence-electron chi connectivity index (χ3n) is 5.04. The highest BCUT2D eigenvalue weighted by Crippen LogP contribution is 2.35. The number of fused-ring (bicyclic) bond motifs is 1. The fourth-order valence-corrected chi connectivity index (χ4v) is 3.88. The average molecular weight is 401 g/mol. The minimum Gasteiger partial charge on any atom is -0.486 e. The van der Waals surface area contributed by atoms with Crippen LogP contribution < -0.4 is 20.1 Å². The molecule has 0 spiro atoms. The van der Waals surface area contributed by atoms with E-state index in [4.69, 9.17) is 9.47 Å². The molecule has 1 aliphatic carbocycles. The lowest BCUT2D eigenvalue weighted by molar-refractivity contribution is -0.117.